The summed E-state index contributed by atoms with van der Waals surface area (Å²) >= 11 is 6.22. The third kappa shape index (κ3) is 3.99. The molecule has 34 heavy (non-hydrogen) atoms. The van der Waals surface area contributed by atoms with Gasteiger partial charge in [0, 0.05) is 0 Å². The van der Waals surface area contributed by atoms with Crippen molar-refractivity contribution in [2.75, 3.05) is 24.0 Å². The van der Waals surface area contributed by atoms with Crippen molar-refractivity contribution in [2.24, 2.45) is 0 Å². The van der Waals surface area contributed by atoms with Gasteiger partial charge in [0.15, 0.2) is 5.11 Å². The van der Waals surface area contributed by atoms with Crippen LogP contribution in [0.5, 0.6) is 11.5 Å². The van der Waals surface area contributed by atoms with Crippen LogP contribution in [0.15, 0.2) is 97.1 Å². The van der Waals surface area contributed by atoms with Crippen LogP contribution in [0, 0.1) is 0 Å². The van der Waals surface area contributed by atoms with Crippen LogP contribution in [-0.4, -0.2) is 19.3 Å². The Labute approximate surface area is 206 Å². The molecule has 0 saturated heterocycles. The Hall–Kier alpha value is -3.83. The number of anilines is 2. The van der Waals surface area contributed by atoms with Crippen LogP contribution in [0.25, 0.3) is 11.1 Å². The highest BCUT2D eigenvalue weighted by Gasteiger charge is 2.33. The summed E-state index contributed by atoms with van der Waals surface area (Å²) in [6, 6.07) is 33.0. The lowest BCUT2D eigenvalue weighted by Gasteiger charge is -2.32. The molecule has 0 saturated carbocycles. The van der Waals surface area contributed by atoms with Crippen molar-refractivity contribution < 1.29 is 9.47 Å². The van der Waals surface area contributed by atoms with E-state index in [-0.39, 0.29) is 0 Å². The van der Waals surface area contributed by atoms with Crippen molar-refractivity contribution in [2.45, 2.75) is 13.1 Å². The lowest BCUT2D eigenvalue weighted by Crippen LogP contribution is -2.42. The number of nitrogens with zero attached hydrogens (tertiary/aromatic N) is 2. The molecule has 0 atom stereocenters. The third-order valence-corrected chi connectivity index (χ3v) is 6.55. The molecule has 1 aliphatic rings. The smallest absolute Gasteiger partial charge is 0.181 e. The van der Waals surface area contributed by atoms with Crippen molar-refractivity contribution >= 4 is 28.7 Å². The van der Waals surface area contributed by atoms with Crippen LogP contribution in [0.1, 0.15) is 11.1 Å². The molecule has 4 aromatic carbocycles. The summed E-state index contributed by atoms with van der Waals surface area (Å²) in [5.41, 5.74) is 6.30. The van der Waals surface area contributed by atoms with Gasteiger partial charge in [0.2, 0.25) is 0 Å². The highest BCUT2D eigenvalue weighted by molar-refractivity contribution is 7.80. The van der Waals surface area contributed by atoms with E-state index < -0.39 is 0 Å². The normalized spacial score (nSPS) is 12.6. The zero-order valence-corrected chi connectivity index (χ0v) is 20.1. The van der Waals surface area contributed by atoms with Gasteiger partial charge in [-0.05, 0) is 47.6 Å². The zero-order chi connectivity index (χ0) is 23.5. The molecule has 0 spiro atoms. The largest absolute Gasteiger partial charge is 0.496 e. The minimum absolute atomic E-state index is 0.640. The van der Waals surface area contributed by atoms with Crippen LogP contribution in [0.2, 0.25) is 0 Å². The summed E-state index contributed by atoms with van der Waals surface area (Å²) in [7, 11) is 3.41. The van der Waals surface area contributed by atoms with Crippen LogP contribution in [-0.2, 0) is 13.1 Å². The standard InChI is InChI=1S/C29H26N2O2S/c1-32-25-17-9-15-23-27(25)28-24(16-10-18-26(28)33-2)31(20-22-13-7-4-8-14-22)29(34)30(23)19-21-11-5-3-6-12-21/h3-18H,19-20H2,1-2H3. The Morgan fingerprint density at radius 2 is 0.971 bits per heavy atom. The summed E-state index contributed by atoms with van der Waals surface area (Å²) in [6.45, 7) is 1.28. The van der Waals surface area contributed by atoms with Gasteiger partial charge in [-0.25, -0.2) is 0 Å². The minimum Gasteiger partial charge on any atom is -0.496 e. The Morgan fingerprint density at radius 3 is 1.35 bits per heavy atom. The topological polar surface area (TPSA) is 24.9 Å². The monoisotopic (exact) mass is 466 g/mol. The van der Waals surface area contributed by atoms with Gasteiger partial charge < -0.3 is 19.3 Å². The molecule has 0 radical (unpaired) electrons. The van der Waals surface area contributed by atoms with Gasteiger partial charge in [-0.1, -0.05) is 72.8 Å². The molecular weight excluding hydrogens is 440 g/mol. The molecule has 4 nitrogen and oxygen atoms in total. The molecule has 0 unspecified atom stereocenters. The van der Waals surface area contributed by atoms with E-state index in [1.54, 1.807) is 14.2 Å². The fourth-order valence-corrected chi connectivity index (χ4v) is 4.85. The first-order valence-electron chi connectivity index (χ1n) is 11.2. The lowest BCUT2D eigenvalue weighted by molar-refractivity contribution is 0.410. The molecule has 5 heteroatoms. The molecule has 0 aliphatic carbocycles. The molecular formula is C29H26N2O2S. The van der Waals surface area contributed by atoms with Crippen molar-refractivity contribution in [3.05, 3.63) is 108 Å². The summed E-state index contributed by atoms with van der Waals surface area (Å²) in [4.78, 5) is 4.40. The van der Waals surface area contributed by atoms with Gasteiger partial charge in [-0.15, -0.1) is 0 Å². The molecule has 0 amide bonds. The maximum Gasteiger partial charge on any atom is 0.181 e. The summed E-state index contributed by atoms with van der Waals surface area (Å²) in [5.74, 6) is 1.57. The van der Waals surface area contributed by atoms with E-state index in [1.807, 2.05) is 36.4 Å². The maximum atomic E-state index is 6.22. The molecule has 0 bridgehead atoms. The van der Waals surface area contributed by atoms with Gasteiger partial charge in [0.05, 0.1) is 49.8 Å². The van der Waals surface area contributed by atoms with E-state index in [2.05, 4.69) is 70.5 Å². The first-order valence-corrected chi connectivity index (χ1v) is 11.6. The molecule has 0 aromatic heterocycles. The second kappa shape index (κ2) is 9.57. The second-order valence-electron chi connectivity index (χ2n) is 8.13. The Balaban J connectivity index is 1.76. The number of hydrogen-bond acceptors (Lipinski definition) is 3. The molecule has 0 fully saturated rings. The fraction of sp³-hybridized carbons (Fsp3) is 0.138. The van der Waals surface area contributed by atoms with Crippen LogP contribution in [0.3, 0.4) is 0 Å². The van der Waals surface area contributed by atoms with E-state index in [9.17, 15) is 0 Å². The highest BCUT2D eigenvalue weighted by Crippen LogP contribution is 2.50. The Bertz CT molecular complexity index is 1210. The third-order valence-electron chi connectivity index (χ3n) is 6.11. The van der Waals surface area contributed by atoms with E-state index in [0.29, 0.717) is 13.1 Å². The van der Waals surface area contributed by atoms with Crippen molar-refractivity contribution in [3.63, 3.8) is 0 Å². The van der Waals surface area contributed by atoms with Crippen LogP contribution >= 0.6 is 12.2 Å². The average molecular weight is 467 g/mol. The number of thiocarbonyl (C=S) groups is 1. The van der Waals surface area contributed by atoms with Crippen LogP contribution in [0.4, 0.5) is 11.4 Å². The summed E-state index contributed by atoms with van der Waals surface area (Å²) in [5, 5.41) is 0.731. The quantitative estimate of drug-likeness (QED) is 0.295. The number of fused-ring (bicyclic) bond motifs is 3. The maximum absolute atomic E-state index is 6.22. The molecule has 4 aromatic rings. The van der Waals surface area contributed by atoms with Crippen molar-refractivity contribution in [3.8, 4) is 22.6 Å². The van der Waals surface area contributed by atoms with E-state index in [0.717, 1.165) is 39.1 Å². The van der Waals surface area contributed by atoms with Gasteiger partial charge in [0.25, 0.3) is 0 Å². The first kappa shape index (κ1) is 22.0. The Morgan fingerprint density at radius 1 is 0.559 bits per heavy atom. The predicted octanol–water partition coefficient (Wildman–Crippen LogP) is 6.68. The van der Waals surface area contributed by atoms with E-state index in [4.69, 9.17) is 21.7 Å². The SMILES string of the molecule is COc1cccc2c1-c1c(OC)cccc1N(Cc1ccccc1)C(=S)N2Cc1ccccc1. The van der Waals surface area contributed by atoms with Crippen molar-refractivity contribution in [1.82, 2.24) is 0 Å². The van der Waals surface area contributed by atoms with Gasteiger partial charge in [-0.2, -0.15) is 0 Å². The number of rotatable bonds is 6. The number of hydrogen-bond donors (Lipinski definition) is 0. The van der Waals surface area contributed by atoms with E-state index >= 15 is 0 Å². The second-order valence-corrected chi connectivity index (χ2v) is 8.50. The Kier molecular flexibility index (Phi) is 6.19. The number of ether oxygens (including phenoxy) is 2. The molecule has 170 valence electrons. The fourth-order valence-electron chi connectivity index (χ4n) is 4.52. The number of methoxy groups -OCH3 is 2. The molecule has 0 N–H and O–H groups in total. The van der Waals surface area contributed by atoms with Crippen molar-refractivity contribution in [1.29, 1.82) is 0 Å². The summed E-state index contributed by atoms with van der Waals surface area (Å²) in [6.07, 6.45) is 0. The van der Waals surface area contributed by atoms with Crippen LogP contribution < -0.4 is 19.3 Å². The molecule has 1 heterocycles. The highest BCUT2D eigenvalue weighted by atomic mass is 32.1. The predicted molar refractivity (Wildman–Crippen MR) is 143 cm³/mol. The van der Waals surface area contributed by atoms with E-state index in [1.165, 1.54) is 11.1 Å². The minimum atomic E-state index is 0.640. The van der Waals surface area contributed by atoms with Gasteiger partial charge in [0.1, 0.15) is 11.5 Å². The zero-order valence-electron chi connectivity index (χ0n) is 19.3. The average Bonchev–Trinajstić information content (AvgIpc) is 2.99. The number of benzene rings is 4. The molecule has 5 rings (SSSR count). The molecule has 1 aliphatic heterocycles. The first-order chi connectivity index (χ1) is 16.7. The van der Waals surface area contributed by atoms with Gasteiger partial charge in [-0.3, -0.25) is 0 Å². The summed E-state index contributed by atoms with van der Waals surface area (Å²) < 4.78 is 11.7. The lowest BCUT2D eigenvalue weighted by atomic mass is 9.98. The van der Waals surface area contributed by atoms with Gasteiger partial charge >= 0.3 is 0 Å².